The Morgan fingerprint density at radius 1 is 1.17 bits per heavy atom. The van der Waals surface area contributed by atoms with Crippen LogP contribution in [-0.4, -0.2) is 27.8 Å². The fourth-order valence-electron chi connectivity index (χ4n) is 3.03. The largest absolute Gasteiger partial charge is 0.299 e. The molecule has 0 radical (unpaired) electrons. The molecule has 0 amide bonds. The van der Waals surface area contributed by atoms with Gasteiger partial charge < -0.3 is 0 Å². The maximum Gasteiger partial charge on any atom is 0.264 e. The highest BCUT2D eigenvalue weighted by atomic mass is 32.2. The number of fused-ring (bicyclic) bond motifs is 2. The number of anilines is 1. The Kier molecular flexibility index (Phi) is 4.19. The molecule has 0 bridgehead atoms. The number of ketones is 1. The van der Waals surface area contributed by atoms with E-state index in [1.54, 1.807) is 19.2 Å². The molecular weight excluding hydrogens is 324 g/mol. The fraction of sp³-hybridized carbons (Fsp3) is 0.278. The van der Waals surface area contributed by atoms with Gasteiger partial charge in [0.05, 0.1) is 23.2 Å². The topological polar surface area (TPSA) is 66.5 Å². The molecule has 0 saturated carbocycles. The van der Waals surface area contributed by atoms with E-state index >= 15 is 0 Å². The molecule has 3 rings (SSSR count). The first-order valence-corrected chi connectivity index (χ1v) is 9.17. The van der Waals surface area contributed by atoms with Crippen LogP contribution in [0.25, 0.3) is 0 Å². The summed E-state index contributed by atoms with van der Waals surface area (Å²) in [6, 6.07) is 12.4. The molecule has 1 unspecified atom stereocenters. The van der Waals surface area contributed by atoms with E-state index in [1.807, 2.05) is 37.3 Å². The minimum Gasteiger partial charge on any atom is -0.299 e. The zero-order chi connectivity index (χ0) is 17.5. The van der Waals surface area contributed by atoms with Crippen molar-refractivity contribution in [2.45, 2.75) is 24.8 Å². The number of aryl methyl sites for hydroxylation is 1. The average molecular weight is 344 g/mol. The van der Waals surface area contributed by atoms with Crippen molar-refractivity contribution >= 4 is 21.5 Å². The highest BCUT2D eigenvalue weighted by Crippen LogP contribution is 2.40. The number of para-hydroxylation sites is 1. The molecule has 1 aliphatic heterocycles. The Labute approximate surface area is 142 Å². The smallest absolute Gasteiger partial charge is 0.264 e. The minimum atomic E-state index is -3.66. The molecular formula is C18H20N2O3S. The number of nitrogens with zero attached hydrogens (tertiary/aromatic N) is 1. The first-order chi connectivity index (χ1) is 11.3. The van der Waals surface area contributed by atoms with E-state index < -0.39 is 10.0 Å². The Morgan fingerprint density at radius 3 is 2.58 bits per heavy atom. The fourth-order valence-corrected chi connectivity index (χ4v) is 4.57. The molecule has 1 N–H and O–H groups in total. The number of hydrogen-bond acceptors (Lipinski definition) is 4. The minimum absolute atomic E-state index is 0.00148. The van der Waals surface area contributed by atoms with Crippen LogP contribution in [0.2, 0.25) is 0 Å². The van der Waals surface area contributed by atoms with Gasteiger partial charge >= 0.3 is 0 Å². The van der Waals surface area contributed by atoms with Gasteiger partial charge in [-0.3, -0.25) is 14.4 Å². The second-order valence-electron chi connectivity index (χ2n) is 6.09. The Bertz CT molecular complexity index is 906. The molecule has 126 valence electrons. The first kappa shape index (κ1) is 16.7. The van der Waals surface area contributed by atoms with E-state index in [4.69, 9.17) is 0 Å². The molecule has 24 heavy (non-hydrogen) atoms. The van der Waals surface area contributed by atoms with Crippen LogP contribution in [-0.2, 0) is 14.8 Å². The normalized spacial score (nSPS) is 18.5. The third-order valence-corrected chi connectivity index (χ3v) is 6.09. The lowest BCUT2D eigenvalue weighted by Crippen LogP contribution is -2.27. The van der Waals surface area contributed by atoms with Crippen LogP contribution in [0.15, 0.2) is 47.4 Å². The summed E-state index contributed by atoms with van der Waals surface area (Å²) in [4.78, 5) is 11.7. The van der Waals surface area contributed by atoms with Gasteiger partial charge in [-0.15, -0.1) is 0 Å². The number of carbonyl (C=O) groups is 1. The summed E-state index contributed by atoms with van der Waals surface area (Å²) in [5, 5.41) is 3.21. The third kappa shape index (κ3) is 2.72. The van der Waals surface area contributed by atoms with Crippen LogP contribution in [0.4, 0.5) is 5.69 Å². The Balaban J connectivity index is 2.30. The van der Waals surface area contributed by atoms with Gasteiger partial charge in [0, 0.05) is 7.05 Å². The van der Waals surface area contributed by atoms with Gasteiger partial charge in [0.25, 0.3) is 10.0 Å². The van der Waals surface area contributed by atoms with Gasteiger partial charge in [-0.1, -0.05) is 30.3 Å². The van der Waals surface area contributed by atoms with Gasteiger partial charge in [0.1, 0.15) is 5.78 Å². The standard InChI is InChI=1S/C18H20N2O3S/c1-12-8-9-15-17(10-12)24(22,23)20(3)16-7-5-4-6-14(16)18(15)19-11-13(2)21/h4-10,18-19H,11H2,1-3H3. The summed E-state index contributed by atoms with van der Waals surface area (Å²) >= 11 is 0. The van der Waals surface area contributed by atoms with Gasteiger partial charge in [0.2, 0.25) is 0 Å². The van der Waals surface area contributed by atoms with Crippen molar-refractivity contribution in [2.24, 2.45) is 0 Å². The summed E-state index contributed by atoms with van der Waals surface area (Å²) in [6.45, 7) is 3.55. The predicted octanol–water partition coefficient (Wildman–Crippen LogP) is 2.40. The lowest BCUT2D eigenvalue weighted by molar-refractivity contribution is -0.116. The number of nitrogens with one attached hydrogen (secondary N) is 1. The number of rotatable bonds is 3. The van der Waals surface area contributed by atoms with Crippen molar-refractivity contribution in [3.05, 3.63) is 59.2 Å². The summed E-state index contributed by atoms with van der Waals surface area (Å²) in [5.74, 6) is 0.00148. The van der Waals surface area contributed by atoms with Crippen LogP contribution in [0.5, 0.6) is 0 Å². The van der Waals surface area contributed by atoms with E-state index in [2.05, 4.69) is 5.32 Å². The van der Waals surface area contributed by atoms with Gasteiger partial charge in [-0.25, -0.2) is 8.42 Å². The number of carbonyl (C=O) groups excluding carboxylic acids is 1. The van der Waals surface area contributed by atoms with E-state index in [9.17, 15) is 13.2 Å². The molecule has 1 atom stereocenters. The zero-order valence-electron chi connectivity index (χ0n) is 13.9. The first-order valence-electron chi connectivity index (χ1n) is 7.73. The van der Waals surface area contributed by atoms with Gasteiger partial charge in [-0.05, 0) is 42.7 Å². The van der Waals surface area contributed by atoms with E-state index in [0.717, 1.165) is 11.1 Å². The quantitative estimate of drug-likeness (QED) is 0.928. The molecule has 6 heteroatoms. The molecule has 0 saturated heterocycles. The molecule has 0 aliphatic carbocycles. The Morgan fingerprint density at radius 2 is 1.88 bits per heavy atom. The van der Waals surface area contributed by atoms with Crippen LogP contribution in [0, 0.1) is 6.92 Å². The lowest BCUT2D eigenvalue weighted by atomic mass is 9.96. The third-order valence-electron chi connectivity index (χ3n) is 4.26. The second-order valence-corrected chi connectivity index (χ2v) is 8.03. The van der Waals surface area contributed by atoms with Crippen molar-refractivity contribution in [3.63, 3.8) is 0 Å². The van der Waals surface area contributed by atoms with E-state index in [1.165, 1.54) is 11.2 Å². The van der Waals surface area contributed by atoms with Crippen LogP contribution in [0.1, 0.15) is 29.7 Å². The highest BCUT2D eigenvalue weighted by molar-refractivity contribution is 7.92. The number of Topliss-reactive ketones (excluding diaryl/α,β-unsaturated/α-hetero) is 1. The Hall–Kier alpha value is -2.18. The number of hydrogen-bond donors (Lipinski definition) is 1. The van der Waals surface area contributed by atoms with Crippen molar-refractivity contribution in [1.82, 2.24) is 5.32 Å². The monoisotopic (exact) mass is 344 g/mol. The lowest BCUT2D eigenvalue weighted by Gasteiger charge is -2.21. The van der Waals surface area contributed by atoms with Crippen molar-refractivity contribution in [1.29, 1.82) is 0 Å². The molecule has 2 aromatic rings. The van der Waals surface area contributed by atoms with E-state index in [-0.39, 0.29) is 23.3 Å². The van der Waals surface area contributed by atoms with Crippen LogP contribution in [0.3, 0.4) is 0 Å². The second kappa shape index (κ2) is 6.03. The van der Waals surface area contributed by atoms with Crippen molar-refractivity contribution in [2.75, 3.05) is 17.9 Å². The SMILES string of the molecule is CC(=O)CNC1c2ccccc2N(C)S(=O)(=O)c2cc(C)ccc21. The maximum absolute atomic E-state index is 13.1. The maximum atomic E-state index is 13.1. The molecule has 5 nitrogen and oxygen atoms in total. The van der Waals surface area contributed by atoms with Gasteiger partial charge in [0.15, 0.2) is 0 Å². The summed E-state index contributed by atoms with van der Waals surface area (Å²) in [6.07, 6.45) is 0. The van der Waals surface area contributed by atoms with Crippen LogP contribution < -0.4 is 9.62 Å². The molecule has 1 heterocycles. The number of sulfonamides is 1. The van der Waals surface area contributed by atoms with Crippen molar-refractivity contribution < 1.29 is 13.2 Å². The van der Waals surface area contributed by atoms with Crippen molar-refractivity contribution in [3.8, 4) is 0 Å². The summed E-state index contributed by atoms with van der Waals surface area (Å²) in [7, 11) is -2.09. The average Bonchev–Trinajstić information content (AvgIpc) is 2.61. The molecule has 0 spiro atoms. The number of benzene rings is 2. The summed E-state index contributed by atoms with van der Waals surface area (Å²) in [5.41, 5.74) is 3.00. The molecule has 2 aromatic carbocycles. The van der Waals surface area contributed by atoms with Gasteiger partial charge in [-0.2, -0.15) is 0 Å². The molecule has 0 aromatic heterocycles. The molecule has 0 fully saturated rings. The van der Waals surface area contributed by atoms with Crippen LogP contribution >= 0.6 is 0 Å². The molecule has 1 aliphatic rings. The van der Waals surface area contributed by atoms with E-state index in [0.29, 0.717) is 11.3 Å². The predicted molar refractivity (Wildman–Crippen MR) is 93.7 cm³/mol. The summed E-state index contributed by atoms with van der Waals surface area (Å²) < 4.78 is 27.4. The highest BCUT2D eigenvalue weighted by Gasteiger charge is 2.34. The zero-order valence-corrected chi connectivity index (χ0v) is 14.7.